The molecule has 0 bridgehead atoms. The van der Waals surface area contributed by atoms with Crippen LogP contribution in [0.5, 0.6) is 0 Å². The van der Waals surface area contributed by atoms with Crippen LogP contribution < -0.4 is 10.6 Å². The average molecular weight is 636 g/mol. The van der Waals surface area contributed by atoms with Crippen LogP contribution in [0.1, 0.15) is 46.0 Å². The van der Waals surface area contributed by atoms with Crippen LogP contribution in [0.3, 0.4) is 0 Å². The Hall–Kier alpha value is -2.40. The molecular formula is C30H36F2IN3O2. The van der Waals surface area contributed by atoms with Crippen molar-refractivity contribution in [2.75, 3.05) is 20.1 Å². The summed E-state index contributed by atoms with van der Waals surface area (Å²) >= 11 is 2.24. The highest BCUT2D eigenvalue weighted by Gasteiger charge is 2.23. The maximum Gasteiger partial charge on any atom is 0.251 e. The monoisotopic (exact) mass is 635 g/mol. The second-order valence-corrected chi connectivity index (χ2v) is 11.1. The van der Waals surface area contributed by atoms with Crippen LogP contribution in [0.4, 0.5) is 8.78 Å². The van der Waals surface area contributed by atoms with Crippen LogP contribution in [-0.4, -0.2) is 48.2 Å². The van der Waals surface area contributed by atoms with Gasteiger partial charge in [-0.1, -0.05) is 30.7 Å². The van der Waals surface area contributed by atoms with Crippen molar-refractivity contribution in [2.24, 2.45) is 0 Å². The Kier molecular flexibility index (Phi) is 11.6. The van der Waals surface area contributed by atoms with Crippen LogP contribution in [0.25, 0.3) is 0 Å². The number of hydrogen-bond donors (Lipinski definition) is 3. The number of aryl methyl sites for hydroxylation is 1. The Bertz CT molecular complexity index is 1200. The van der Waals surface area contributed by atoms with E-state index in [0.717, 1.165) is 39.3 Å². The van der Waals surface area contributed by atoms with E-state index in [2.05, 4.69) is 51.1 Å². The number of nitrogens with one attached hydrogen (secondary N) is 2. The largest absolute Gasteiger partial charge is 0.390 e. The van der Waals surface area contributed by atoms with Crippen molar-refractivity contribution in [1.82, 2.24) is 15.5 Å². The minimum Gasteiger partial charge on any atom is -0.390 e. The maximum atomic E-state index is 13.9. The lowest BCUT2D eigenvalue weighted by atomic mass is 9.99. The summed E-state index contributed by atoms with van der Waals surface area (Å²) < 4.78 is 28.9. The van der Waals surface area contributed by atoms with Crippen molar-refractivity contribution in [2.45, 2.75) is 51.9 Å². The summed E-state index contributed by atoms with van der Waals surface area (Å²) in [5, 5.41) is 17.2. The van der Waals surface area contributed by atoms with Gasteiger partial charge in [-0.3, -0.25) is 4.79 Å². The fourth-order valence-corrected chi connectivity index (χ4v) is 5.14. The molecule has 0 aliphatic carbocycles. The summed E-state index contributed by atoms with van der Waals surface area (Å²) in [7, 11) is 2.04. The van der Waals surface area contributed by atoms with Crippen molar-refractivity contribution in [3.05, 3.63) is 104 Å². The molecule has 0 spiro atoms. The van der Waals surface area contributed by atoms with Gasteiger partial charge in [0.1, 0.15) is 11.6 Å². The van der Waals surface area contributed by atoms with Gasteiger partial charge in [0.05, 0.1) is 12.1 Å². The third-order valence-electron chi connectivity index (χ3n) is 6.19. The van der Waals surface area contributed by atoms with Gasteiger partial charge >= 0.3 is 0 Å². The van der Waals surface area contributed by atoms with Crippen molar-refractivity contribution < 1.29 is 18.7 Å². The van der Waals surface area contributed by atoms with E-state index in [1.54, 1.807) is 6.07 Å². The third-order valence-corrected chi connectivity index (χ3v) is 6.86. The first kappa shape index (κ1) is 30.1. The zero-order valence-electron chi connectivity index (χ0n) is 22.1. The quantitative estimate of drug-likeness (QED) is 0.226. The third kappa shape index (κ3) is 9.72. The average Bonchev–Trinajstić information content (AvgIpc) is 2.82. The fraction of sp³-hybridized carbons (Fsp3) is 0.367. The lowest BCUT2D eigenvalue weighted by molar-refractivity contribution is 0.0829. The number of nitrogens with zero attached hydrogens (tertiary/aromatic N) is 1. The van der Waals surface area contributed by atoms with Crippen molar-refractivity contribution in [3.63, 3.8) is 0 Å². The summed E-state index contributed by atoms with van der Waals surface area (Å²) in [6.45, 7) is 6.45. The molecule has 0 fully saturated rings. The number of benzene rings is 3. The number of rotatable bonds is 13. The molecule has 3 aromatic rings. The van der Waals surface area contributed by atoms with Gasteiger partial charge in [-0.05, 0) is 109 Å². The predicted octanol–water partition coefficient (Wildman–Crippen LogP) is 5.21. The summed E-state index contributed by atoms with van der Waals surface area (Å²) in [5.41, 5.74) is 3.89. The second kappa shape index (κ2) is 14.7. The molecule has 0 saturated heterocycles. The van der Waals surface area contributed by atoms with Crippen LogP contribution in [-0.2, 0) is 19.5 Å². The Morgan fingerprint density at radius 2 is 1.76 bits per heavy atom. The molecule has 2 unspecified atom stereocenters. The number of aliphatic hydroxyl groups is 1. The molecule has 3 N–H and O–H groups in total. The van der Waals surface area contributed by atoms with Crippen LogP contribution in [0, 0.1) is 22.1 Å². The highest BCUT2D eigenvalue weighted by Crippen LogP contribution is 2.15. The smallest absolute Gasteiger partial charge is 0.251 e. The van der Waals surface area contributed by atoms with E-state index in [0.29, 0.717) is 24.2 Å². The van der Waals surface area contributed by atoms with Gasteiger partial charge in [0.2, 0.25) is 0 Å². The van der Waals surface area contributed by atoms with Gasteiger partial charge in [0, 0.05) is 34.8 Å². The molecule has 3 aromatic carbocycles. The predicted molar refractivity (Wildman–Crippen MR) is 156 cm³/mol. The topological polar surface area (TPSA) is 64.6 Å². The molecule has 0 saturated carbocycles. The summed E-state index contributed by atoms with van der Waals surface area (Å²) in [6.07, 6.45) is 0.116. The number of carbonyl (C=O) groups excluding carboxylic acids is 1. The molecular weight excluding hydrogens is 599 g/mol. The maximum absolute atomic E-state index is 13.9. The van der Waals surface area contributed by atoms with E-state index in [-0.39, 0.29) is 18.9 Å². The zero-order valence-corrected chi connectivity index (χ0v) is 24.3. The van der Waals surface area contributed by atoms with Crippen LogP contribution in [0.2, 0.25) is 0 Å². The van der Waals surface area contributed by atoms with Crippen molar-refractivity contribution in [1.29, 1.82) is 0 Å². The molecule has 1 amide bonds. The lowest BCUT2D eigenvalue weighted by Gasteiger charge is -2.25. The molecule has 204 valence electrons. The Morgan fingerprint density at radius 1 is 1.03 bits per heavy atom. The summed E-state index contributed by atoms with van der Waals surface area (Å²) in [4.78, 5) is 15.5. The second-order valence-electron chi connectivity index (χ2n) is 9.84. The highest BCUT2D eigenvalue weighted by atomic mass is 127. The van der Waals surface area contributed by atoms with Crippen LogP contribution in [0.15, 0.2) is 60.7 Å². The molecule has 8 heteroatoms. The molecule has 0 radical (unpaired) electrons. The first-order chi connectivity index (χ1) is 18.1. The Morgan fingerprint density at radius 3 is 2.45 bits per heavy atom. The molecule has 0 aliphatic rings. The van der Waals surface area contributed by atoms with E-state index in [9.17, 15) is 18.7 Å². The highest BCUT2D eigenvalue weighted by molar-refractivity contribution is 14.1. The normalized spacial score (nSPS) is 12.9. The summed E-state index contributed by atoms with van der Waals surface area (Å²) in [6, 6.07) is 16.2. The molecule has 3 rings (SSSR count). The zero-order chi connectivity index (χ0) is 27.7. The molecule has 0 heterocycles. The number of amides is 1. The lowest BCUT2D eigenvalue weighted by Crippen LogP contribution is -2.48. The summed E-state index contributed by atoms with van der Waals surface area (Å²) in [5.74, 6) is -1.74. The fourth-order valence-electron chi connectivity index (χ4n) is 4.53. The number of hydrogen-bond acceptors (Lipinski definition) is 4. The van der Waals surface area contributed by atoms with E-state index in [1.807, 2.05) is 44.3 Å². The van der Waals surface area contributed by atoms with Gasteiger partial charge in [0.15, 0.2) is 0 Å². The van der Waals surface area contributed by atoms with E-state index in [4.69, 9.17) is 0 Å². The van der Waals surface area contributed by atoms with Crippen LogP contribution >= 0.6 is 22.6 Å². The van der Waals surface area contributed by atoms with Gasteiger partial charge < -0.3 is 20.6 Å². The minimum absolute atomic E-state index is 0.0738. The molecule has 2 atom stereocenters. The van der Waals surface area contributed by atoms with Gasteiger partial charge in [-0.2, -0.15) is 0 Å². The molecule has 0 aromatic heterocycles. The molecule has 0 aliphatic heterocycles. The Balaban J connectivity index is 1.76. The number of aliphatic hydroxyl groups excluding tert-OH is 1. The minimum atomic E-state index is -0.993. The number of halogens is 3. The first-order valence-corrected chi connectivity index (χ1v) is 13.9. The van der Waals surface area contributed by atoms with Gasteiger partial charge in [-0.15, -0.1) is 0 Å². The first-order valence-electron chi connectivity index (χ1n) is 12.8. The number of carbonyl (C=O) groups is 1. The van der Waals surface area contributed by atoms with E-state index >= 15 is 0 Å². The Labute approximate surface area is 237 Å². The van der Waals surface area contributed by atoms with Crippen molar-refractivity contribution in [3.8, 4) is 0 Å². The molecule has 5 nitrogen and oxygen atoms in total. The van der Waals surface area contributed by atoms with Gasteiger partial charge in [0.25, 0.3) is 5.91 Å². The van der Waals surface area contributed by atoms with Gasteiger partial charge in [-0.25, -0.2) is 8.78 Å². The van der Waals surface area contributed by atoms with E-state index in [1.165, 1.54) is 12.1 Å². The molecule has 38 heavy (non-hydrogen) atoms. The standard InChI is InChI=1S/C30H36F2IN3O2/c1-4-8-36(3)19-23-9-20(2)10-24(11-23)30(38)35-28(15-22-12-25(31)16-26(32)13-22)29(37)18-34-17-21-6-5-7-27(33)14-21/h5-7,9-14,16,28-29,34,37H,4,8,15,17-19H2,1-3H3,(H,35,38). The van der Waals surface area contributed by atoms with E-state index < -0.39 is 23.8 Å². The van der Waals surface area contributed by atoms with Crippen molar-refractivity contribution >= 4 is 28.5 Å². The SMILES string of the molecule is CCCN(C)Cc1cc(C)cc(C(=O)NC(Cc2cc(F)cc(F)c2)C(O)CNCc2cccc(I)c2)c1.